The highest BCUT2D eigenvalue weighted by molar-refractivity contribution is 6.29. The topological polar surface area (TPSA) is 79.3 Å². The predicted molar refractivity (Wildman–Crippen MR) is 178 cm³/mol. The molecular formula is C33H56ClN5. The lowest BCUT2D eigenvalue weighted by Crippen LogP contribution is -2.17. The number of hydrogen-bond donors (Lipinski definition) is 4. The zero-order chi connectivity index (χ0) is 30.4. The molecule has 0 atom stereocenters. The van der Waals surface area contributed by atoms with Gasteiger partial charge in [-0.15, -0.1) is 0 Å². The fraction of sp³-hybridized carbons (Fsp3) is 0.455. The third kappa shape index (κ3) is 21.7. The predicted octanol–water partition coefficient (Wildman–Crippen LogP) is 8.37. The first-order valence-corrected chi connectivity index (χ1v) is 14.0. The van der Waals surface area contributed by atoms with E-state index in [9.17, 15) is 0 Å². The van der Waals surface area contributed by atoms with Crippen molar-refractivity contribution in [1.82, 2.24) is 10.2 Å². The monoisotopic (exact) mass is 557 g/mol. The molecule has 0 aliphatic carbocycles. The van der Waals surface area contributed by atoms with Crippen LogP contribution >= 0.6 is 11.6 Å². The lowest BCUT2D eigenvalue weighted by molar-refractivity contribution is 0.439. The molecule has 0 unspecified atom stereocenters. The van der Waals surface area contributed by atoms with Gasteiger partial charge in [-0.2, -0.15) is 0 Å². The zero-order valence-corrected chi connectivity index (χ0v) is 26.7. The summed E-state index contributed by atoms with van der Waals surface area (Å²) in [6, 6.07) is 7.90. The van der Waals surface area contributed by atoms with E-state index in [-0.39, 0.29) is 0 Å². The zero-order valence-electron chi connectivity index (χ0n) is 26.0. The van der Waals surface area contributed by atoms with E-state index >= 15 is 0 Å². The lowest BCUT2D eigenvalue weighted by atomic mass is 10.0. The average molecular weight is 558 g/mol. The standard InChI is InChI=1S/C21H29N3.C6H10ClN.C5H12.CH5N/c1-5-19(24-12-8-9-13-24)15-16(2)14-17(3)23-21-11-7-6-10-20(21)18(4)22;1-3-4-8-5-6(2)7;1-5(2,3)4;1-2/h5-7,10-11,15,23H,3-4,8-9,12-14,22H2,1-2H3;3-4,8H,2,5H2,1H3;1-4H3;2H2,1H3/b16-15-,19-5+;4-3-;;. The summed E-state index contributed by atoms with van der Waals surface area (Å²) in [4.78, 5) is 2.45. The van der Waals surface area contributed by atoms with Crippen molar-refractivity contribution in [3.05, 3.63) is 96.0 Å². The van der Waals surface area contributed by atoms with E-state index in [4.69, 9.17) is 17.3 Å². The van der Waals surface area contributed by atoms with E-state index in [0.29, 0.717) is 22.7 Å². The van der Waals surface area contributed by atoms with Crippen molar-refractivity contribution in [2.45, 2.75) is 67.7 Å². The molecule has 6 N–H and O–H groups in total. The molecule has 0 amide bonds. The summed E-state index contributed by atoms with van der Waals surface area (Å²) in [6.07, 6.45) is 11.6. The summed E-state index contributed by atoms with van der Waals surface area (Å²) in [5.41, 5.74) is 16.8. The van der Waals surface area contributed by atoms with Gasteiger partial charge in [-0.1, -0.05) is 95.0 Å². The number of rotatable bonds is 10. The number of nitrogens with one attached hydrogen (secondary N) is 2. The summed E-state index contributed by atoms with van der Waals surface area (Å²) >= 11 is 5.42. The molecule has 1 aliphatic rings. The van der Waals surface area contributed by atoms with Crippen LogP contribution in [0.15, 0.2) is 90.4 Å². The number of likely N-dealkylation sites (tertiary alicyclic amines) is 1. The summed E-state index contributed by atoms with van der Waals surface area (Å²) in [6.45, 7) is 29.4. The first kappa shape index (κ1) is 38.3. The minimum absolute atomic E-state index is 0.500. The normalized spacial score (nSPS) is 13.2. The Hall–Kier alpha value is -2.89. The third-order valence-corrected chi connectivity index (χ3v) is 4.95. The molecule has 1 heterocycles. The van der Waals surface area contributed by atoms with Crippen molar-refractivity contribution < 1.29 is 0 Å². The van der Waals surface area contributed by atoms with Crippen molar-refractivity contribution in [3.8, 4) is 0 Å². The van der Waals surface area contributed by atoms with Gasteiger partial charge in [0.15, 0.2) is 0 Å². The smallest absolute Gasteiger partial charge is 0.0496 e. The van der Waals surface area contributed by atoms with Crippen LogP contribution in [0.2, 0.25) is 0 Å². The molecular weight excluding hydrogens is 502 g/mol. The molecule has 0 saturated carbocycles. The second-order valence-corrected chi connectivity index (χ2v) is 11.3. The average Bonchev–Trinajstić information content (AvgIpc) is 3.38. The molecule has 220 valence electrons. The molecule has 5 nitrogen and oxygen atoms in total. The minimum atomic E-state index is 0.500. The fourth-order valence-electron chi connectivity index (χ4n) is 3.37. The van der Waals surface area contributed by atoms with Gasteiger partial charge >= 0.3 is 0 Å². The van der Waals surface area contributed by atoms with Crippen LogP contribution in [0.1, 0.15) is 73.3 Å². The summed E-state index contributed by atoms with van der Waals surface area (Å²) in [5.74, 6) is 0. The van der Waals surface area contributed by atoms with Gasteiger partial charge in [-0.05, 0) is 64.4 Å². The van der Waals surface area contributed by atoms with Crippen molar-refractivity contribution >= 4 is 23.0 Å². The van der Waals surface area contributed by atoms with Crippen LogP contribution < -0.4 is 22.1 Å². The maximum atomic E-state index is 5.86. The van der Waals surface area contributed by atoms with Gasteiger partial charge in [0.25, 0.3) is 0 Å². The van der Waals surface area contributed by atoms with Crippen molar-refractivity contribution in [1.29, 1.82) is 0 Å². The first-order chi connectivity index (χ1) is 18.3. The largest absolute Gasteiger partial charge is 0.399 e. The molecule has 1 fully saturated rings. The Morgan fingerprint density at radius 1 is 1.05 bits per heavy atom. The van der Waals surface area contributed by atoms with E-state index < -0.39 is 0 Å². The van der Waals surface area contributed by atoms with Crippen LogP contribution in [0.3, 0.4) is 0 Å². The SMILES string of the molecule is C=C(C/C(C)=C\C(=C/C)N1CCCC1)Nc1ccccc1C(=C)N.C=C(Cl)CN/C=C\C.CC(C)(C)C.CN. The second kappa shape index (κ2) is 22.0. The maximum absolute atomic E-state index is 5.86. The Labute approximate surface area is 245 Å². The fourth-order valence-corrected chi connectivity index (χ4v) is 3.44. The van der Waals surface area contributed by atoms with Crippen molar-refractivity contribution in [2.75, 3.05) is 32.0 Å². The molecule has 0 bridgehead atoms. The van der Waals surface area contributed by atoms with Gasteiger partial charge in [0.1, 0.15) is 0 Å². The molecule has 39 heavy (non-hydrogen) atoms. The van der Waals surface area contributed by atoms with E-state index in [0.717, 1.165) is 36.5 Å². The van der Waals surface area contributed by atoms with Gasteiger partial charge < -0.3 is 27.0 Å². The lowest BCUT2D eigenvalue weighted by Gasteiger charge is -2.20. The van der Waals surface area contributed by atoms with E-state index in [2.05, 4.69) is 94.7 Å². The summed E-state index contributed by atoms with van der Waals surface area (Å²) in [5, 5.41) is 6.92. The van der Waals surface area contributed by atoms with E-state index in [1.165, 1.54) is 31.2 Å². The van der Waals surface area contributed by atoms with Gasteiger partial charge in [0.2, 0.25) is 0 Å². The highest BCUT2D eigenvalue weighted by Gasteiger charge is 2.13. The molecule has 0 spiro atoms. The molecule has 1 aromatic rings. The third-order valence-electron chi connectivity index (χ3n) is 4.82. The highest BCUT2D eigenvalue weighted by atomic mass is 35.5. The molecule has 2 rings (SSSR count). The molecule has 1 saturated heterocycles. The first-order valence-electron chi connectivity index (χ1n) is 13.6. The van der Waals surface area contributed by atoms with Crippen molar-refractivity contribution in [3.63, 3.8) is 0 Å². The van der Waals surface area contributed by atoms with E-state index in [1.54, 1.807) is 0 Å². The number of benzene rings is 1. The highest BCUT2D eigenvalue weighted by Crippen LogP contribution is 2.23. The maximum Gasteiger partial charge on any atom is 0.0496 e. The number of para-hydroxylation sites is 1. The summed E-state index contributed by atoms with van der Waals surface area (Å²) < 4.78 is 0. The molecule has 6 heteroatoms. The van der Waals surface area contributed by atoms with Gasteiger partial charge in [0.05, 0.1) is 0 Å². The molecule has 0 radical (unpaired) electrons. The van der Waals surface area contributed by atoms with Crippen LogP contribution in [0.5, 0.6) is 0 Å². The Balaban J connectivity index is 0. The number of hydrogen-bond acceptors (Lipinski definition) is 5. The molecule has 0 aromatic heterocycles. The quantitative estimate of drug-likeness (QED) is 0.217. The number of nitrogens with zero attached hydrogens (tertiary/aromatic N) is 1. The number of halogens is 1. The Bertz CT molecular complexity index is 939. The van der Waals surface area contributed by atoms with Crippen molar-refractivity contribution in [2.24, 2.45) is 16.9 Å². The number of nitrogens with two attached hydrogens (primary N) is 2. The molecule has 1 aromatic carbocycles. The Kier molecular flexibility index (Phi) is 21.6. The Morgan fingerprint density at radius 2 is 1.59 bits per heavy atom. The van der Waals surface area contributed by atoms with Gasteiger partial charge in [-0.25, -0.2) is 0 Å². The van der Waals surface area contributed by atoms with Crippen LogP contribution in [0, 0.1) is 5.41 Å². The molecule has 1 aliphatic heterocycles. The van der Waals surface area contributed by atoms with Crippen LogP contribution in [0.4, 0.5) is 5.69 Å². The van der Waals surface area contributed by atoms with Crippen LogP contribution in [-0.4, -0.2) is 31.6 Å². The van der Waals surface area contributed by atoms with Crippen LogP contribution in [0.25, 0.3) is 5.70 Å². The summed E-state index contributed by atoms with van der Waals surface area (Å²) in [7, 11) is 1.50. The van der Waals surface area contributed by atoms with Gasteiger partial charge in [-0.3, -0.25) is 0 Å². The second-order valence-electron chi connectivity index (χ2n) is 10.8. The Morgan fingerprint density at radius 3 is 2.05 bits per heavy atom. The number of allylic oxidation sites excluding steroid dienone is 4. The van der Waals surface area contributed by atoms with Crippen LogP contribution in [-0.2, 0) is 0 Å². The minimum Gasteiger partial charge on any atom is -0.399 e. The number of anilines is 1. The van der Waals surface area contributed by atoms with E-state index in [1.807, 2.05) is 43.5 Å². The van der Waals surface area contributed by atoms with Gasteiger partial charge in [0, 0.05) is 59.4 Å².